The Labute approximate surface area is 120 Å². The first-order valence-corrected chi connectivity index (χ1v) is 7.32. The second kappa shape index (κ2) is 8.69. The molecule has 1 rings (SSSR count). The van der Waals surface area contributed by atoms with Gasteiger partial charge in [0.15, 0.2) is 0 Å². The summed E-state index contributed by atoms with van der Waals surface area (Å²) in [6.45, 7) is 4.65. The number of anilines is 1. The van der Waals surface area contributed by atoms with E-state index >= 15 is 0 Å². The lowest BCUT2D eigenvalue weighted by Crippen LogP contribution is -2.16. The van der Waals surface area contributed by atoms with Crippen LogP contribution in [0.25, 0.3) is 0 Å². The van der Waals surface area contributed by atoms with Gasteiger partial charge >= 0.3 is 0 Å². The average Bonchev–Trinajstić information content (AvgIpc) is 2.41. The van der Waals surface area contributed by atoms with Crippen molar-refractivity contribution in [1.82, 2.24) is 0 Å². The van der Waals surface area contributed by atoms with Crippen LogP contribution in [0.2, 0.25) is 0 Å². The predicted octanol–water partition coefficient (Wildman–Crippen LogP) is 3.62. The maximum absolute atomic E-state index is 13.5. The fourth-order valence-corrected chi connectivity index (χ4v) is 2.36. The number of rotatable bonds is 8. The van der Waals surface area contributed by atoms with Gasteiger partial charge in [-0.25, -0.2) is 4.39 Å². The minimum atomic E-state index is -0.393. The van der Waals surface area contributed by atoms with Gasteiger partial charge in [0.05, 0.1) is 5.69 Å². The Hall–Kier alpha value is -1.42. The number of benzene rings is 1. The topological polar surface area (TPSA) is 55.1 Å². The van der Waals surface area contributed by atoms with Crippen molar-refractivity contribution >= 4 is 11.6 Å². The van der Waals surface area contributed by atoms with Crippen molar-refractivity contribution in [2.45, 2.75) is 46.0 Å². The van der Waals surface area contributed by atoms with Gasteiger partial charge in [0, 0.05) is 6.42 Å². The number of halogens is 1. The van der Waals surface area contributed by atoms with E-state index in [1.807, 2.05) is 6.92 Å². The second-order valence-corrected chi connectivity index (χ2v) is 5.30. The quantitative estimate of drug-likeness (QED) is 0.764. The number of carbonyl (C=O) groups is 1. The van der Waals surface area contributed by atoms with E-state index in [-0.39, 0.29) is 11.6 Å². The van der Waals surface area contributed by atoms with Crippen molar-refractivity contribution in [2.75, 3.05) is 11.9 Å². The molecule has 0 spiro atoms. The molecule has 0 aromatic heterocycles. The van der Waals surface area contributed by atoms with E-state index in [0.29, 0.717) is 18.9 Å². The summed E-state index contributed by atoms with van der Waals surface area (Å²) in [5.74, 6) is -0.0400. The standard InChI is InChI=1S/C16H25FN2O/c1-3-4-13(9-10-18)6-8-16(20)19-15-11-12(2)5-7-14(15)17/h5,7,11,13H,3-4,6,8-10,18H2,1-2H3,(H,19,20). The molecule has 0 fully saturated rings. The lowest BCUT2D eigenvalue weighted by molar-refractivity contribution is -0.116. The Bertz CT molecular complexity index is 428. The van der Waals surface area contributed by atoms with Crippen LogP contribution in [0.5, 0.6) is 0 Å². The van der Waals surface area contributed by atoms with Crippen LogP contribution in [-0.4, -0.2) is 12.5 Å². The van der Waals surface area contributed by atoms with E-state index in [1.165, 1.54) is 6.07 Å². The SMILES string of the molecule is CCCC(CCN)CCC(=O)Nc1cc(C)ccc1F. The molecule has 3 N–H and O–H groups in total. The molecule has 0 aliphatic heterocycles. The van der Waals surface area contributed by atoms with Gasteiger partial charge in [0.2, 0.25) is 5.91 Å². The Kier molecular flexibility index (Phi) is 7.23. The number of nitrogens with one attached hydrogen (secondary N) is 1. The maximum Gasteiger partial charge on any atom is 0.224 e. The minimum absolute atomic E-state index is 0.132. The fourth-order valence-electron chi connectivity index (χ4n) is 2.36. The fraction of sp³-hybridized carbons (Fsp3) is 0.562. The zero-order valence-electron chi connectivity index (χ0n) is 12.4. The highest BCUT2D eigenvalue weighted by molar-refractivity contribution is 5.90. The van der Waals surface area contributed by atoms with Gasteiger partial charge in [0.25, 0.3) is 0 Å². The van der Waals surface area contributed by atoms with Gasteiger partial charge in [-0.05, 0) is 49.9 Å². The Balaban J connectivity index is 2.48. The molecule has 20 heavy (non-hydrogen) atoms. The van der Waals surface area contributed by atoms with E-state index in [2.05, 4.69) is 12.2 Å². The normalized spacial score (nSPS) is 12.2. The molecule has 1 atom stereocenters. The third-order valence-electron chi connectivity index (χ3n) is 3.45. The smallest absolute Gasteiger partial charge is 0.224 e. The number of aryl methyl sites for hydroxylation is 1. The van der Waals surface area contributed by atoms with Crippen LogP contribution in [0.1, 0.15) is 44.6 Å². The Morgan fingerprint density at radius 2 is 2.10 bits per heavy atom. The summed E-state index contributed by atoms with van der Waals surface area (Å²) in [5.41, 5.74) is 6.77. The minimum Gasteiger partial charge on any atom is -0.330 e. The molecule has 1 amide bonds. The summed E-state index contributed by atoms with van der Waals surface area (Å²) >= 11 is 0. The van der Waals surface area contributed by atoms with Gasteiger partial charge in [-0.1, -0.05) is 25.8 Å². The van der Waals surface area contributed by atoms with Crippen LogP contribution in [-0.2, 0) is 4.79 Å². The van der Waals surface area contributed by atoms with Crippen LogP contribution in [0.4, 0.5) is 10.1 Å². The van der Waals surface area contributed by atoms with Crippen molar-refractivity contribution in [3.05, 3.63) is 29.6 Å². The van der Waals surface area contributed by atoms with E-state index in [1.54, 1.807) is 12.1 Å². The summed E-state index contributed by atoms with van der Waals surface area (Å²) in [7, 11) is 0. The summed E-state index contributed by atoms with van der Waals surface area (Å²) in [5, 5.41) is 2.65. The largest absolute Gasteiger partial charge is 0.330 e. The number of carbonyl (C=O) groups excluding carboxylic acids is 1. The highest BCUT2D eigenvalue weighted by Crippen LogP contribution is 2.19. The average molecular weight is 280 g/mol. The molecular formula is C16H25FN2O. The van der Waals surface area contributed by atoms with Crippen LogP contribution in [0.3, 0.4) is 0 Å². The monoisotopic (exact) mass is 280 g/mol. The highest BCUT2D eigenvalue weighted by atomic mass is 19.1. The van der Waals surface area contributed by atoms with Crippen LogP contribution >= 0.6 is 0 Å². The number of amides is 1. The summed E-state index contributed by atoms with van der Waals surface area (Å²) in [6.07, 6.45) is 4.35. The predicted molar refractivity (Wildman–Crippen MR) is 81.1 cm³/mol. The zero-order valence-corrected chi connectivity index (χ0v) is 12.4. The van der Waals surface area contributed by atoms with Gasteiger partial charge in [-0.3, -0.25) is 4.79 Å². The lowest BCUT2D eigenvalue weighted by Gasteiger charge is -2.15. The first-order chi connectivity index (χ1) is 9.56. The van der Waals surface area contributed by atoms with Gasteiger partial charge in [-0.15, -0.1) is 0 Å². The molecule has 0 aliphatic carbocycles. The van der Waals surface area contributed by atoms with Gasteiger partial charge in [-0.2, -0.15) is 0 Å². The molecule has 0 bridgehead atoms. The molecule has 1 aromatic carbocycles. The third-order valence-corrected chi connectivity index (χ3v) is 3.45. The molecule has 1 unspecified atom stereocenters. The molecule has 112 valence electrons. The van der Waals surface area contributed by atoms with Crippen LogP contribution in [0.15, 0.2) is 18.2 Å². The molecule has 0 heterocycles. The number of nitrogens with two attached hydrogens (primary N) is 1. The molecule has 1 aromatic rings. The van der Waals surface area contributed by atoms with Crippen molar-refractivity contribution in [3.8, 4) is 0 Å². The highest BCUT2D eigenvalue weighted by Gasteiger charge is 2.11. The van der Waals surface area contributed by atoms with Gasteiger partial charge < -0.3 is 11.1 Å². The number of hydrogen-bond acceptors (Lipinski definition) is 2. The molecule has 0 saturated carbocycles. The summed E-state index contributed by atoms with van der Waals surface area (Å²) < 4.78 is 13.5. The number of hydrogen-bond donors (Lipinski definition) is 2. The molecule has 4 heteroatoms. The zero-order chi connectivity index (χ0) is 15.0. The Morgan fingerprint density at radius 3 is 2.75 bits per heavy atom. The second-order valence-electron chi connectivity index (χ2n) is 5.30. The molecule has 0 aliphatic rings. The molecule has 0 saturated heterocycles. The van der Waals surface area contributed by atoms with E-state index in [9.17, 15) is 9.18 Å². The van der Waals surface area contributed by atoms with Crippen molar-refractivity contribution in [2.24, 2.45) is 11.7 Å². The van der Waals surface area contributed by atoms with Crippen molar-refractivity contribution in [3.63, 3.8) is 0 Å². The summed E-state index contributed by atoms with van der Waals surface area (Å²) in [4.78, 5) is 11.9. The van der Waals surface area contributed by atoms with E-state index in [0.717, 1.165) is 31.2 Å². The lowest BCUT2D eigenvalue weighted by atomic mass is 9.94. The summed E-state index contributed by atoms with van der Waals surface area (Å²) in [6, 6.07) is 4.71. The maximum atomic E-state index is 13.5. The molecular weight excluding hydrogens is 255 g/mol. The first-order valence-electron chi connectivity index (χ1n) is 7.32. The van der Waals surface area contributed by atoms with Crippen LogP contribution in [0, 0.1) is 18.7 Å². The third kappa shape index (κ3) is 5.70. The van der Waals surface area contributed by atoms with E-state index < -0.39 is 5.82 Å². The molecule has 3 nitrogen and oxygen atoms in total. The molecule has 0 radical (unpaired) electrons. The van der Waals surface area contributed by atoms with Crippen LogP contribution < -0.4 is 11.1 Å². The van der Waals surface area contributed by atoms with Gasteiger partial charge in [0.1, 0.15) is 5.82 Å². The van der Waals surface area contributed by atoms with Crippen molar-refractivity contribution in [1.29, 1.82) is 0 Å². The Morgan fingerprint density at radius 1 is 1.35 bits per heavy atom. The first kappa shape index (κ1) is 16.6. The van der Waals surface area contributed by atoms with Crippen molar-refractivity contribution < 1.29 is 9.18 Å². The van der Waals surface area contributed by atoms with E-state index in [4.69, 9.17) is 5.73 Å².